The zero-order valence-corrected chi connectivity index (χ0v) is 29.1. The Morgan fingerprint density at radius 3 is 2.15 bits per heavy atom. The number of aryl methyl sites for hydroxylation is 2. The summed E-state index contributed by atoms with van der Waals surface area (Å²) in [5, 5.41) is 0. The van der Waals surface area contributed by atoms with Gasteiger partial charge in [0.1, 0.15) is 19.0 Å². The van der Waals surface area contributed by atoms with Crippen molar-refractivity contribution in [1.29, 1.82) is 0 Å². The molecule has 0 fully saturated rings. The highest BCUT2D eigenvalue weighted by atomic mass is 16.5. The van der Waals surface area contributed by atoms with Crippen LogP contribution in [0.2, 0.25) is 0 Å². The monoisotopic (exact) mass is 690 g/mol. The molecule has 0 aromatic heterocycles. The van der Waals surface area contributed by atoms with Crippen LogP contribution in [-0.4, -0.2) is 37.2 Å². The van der Waals surface area contributed by atoms with Crippen LogP contribution in [0.4, 0.5) is 22.7 Å². The lowest BCUT2D eigenvalue weighted by Crippen LogP contribution is -2.37. The van der Waals surface area contributed by atoms with Gasteiger partial charge >= 0.3 is 0 Å². The van der Waals surface area contributed by atoms with Crippen molar-refractivity contribution in [1.82, 2.24) is 0 Å². The summed E-state index contributed by atoms with van der Waals surface area (Å²) in [6.07, 6.45) is 5.17. The quantitative estimate of drug-likeness (QED) is 0.177. The average Bonchev–Trinajstić information content (AvgIpc) is 3.64. The van der Waals surface area contributed by atoms with Crippen LogP contribution in [0.15, 0.2) is 96.0 Å². The van der Waals surface area contributed by atoms with Crippen LogP contribution in [0, 0.1) is 6.92 Å². The second kappa shape index (κ2) is 12.6. The Kier molecular flexibility index (Phi) is 7.72. The maximum absolute atomic E-state index is 13.8. The molecule has 9 heteroatoms. The lowest BCUT2D eigenvalue weighted by atomic mass is 9.98. The van der Waals surface area contributed by atoms with Crippen LogP contribution in [0.1, 0.15) is 60.5 Å². The van der Waals surface area contributed by atoms with Gasteiger partial charge in [0.15, 0.2) is 11.5 Å². The third-order valence-corrected chi connectivity index (χ3v) is 10.7. The Morgan fingerprint density at radius 1 is 0.731 bits per heavy atom. The van der Waals surface area contributed by atoms with Crippen molar-refractivity contribution in [3.8, 4) is 17.2 Å². The number of hydrogen-bond acceptors (Lipinski definition) is 7. The fourth-order valence-electron chi connectivity index (χ4n) is 8.18. The fourth-order valence-corrected chi connectivity index (χ4v) is 8.18. The van der Waals surface area contributed by atoms with Gasteiger partial charge in [0, 0.05) is 47.4 Å². The number of hydrogen-bond donors (Lipinski definition) is 1. The van der Waals surface area contributed by atoms with Gasteiger partial charge in [-0.2, -0.15) is 0 Å². The number of anilines is 3. The first kappa shape index (κ1) is 31.9. The molecule has 4 heterocycles. The fraction of sp³-hybridized carbons (Fsp3) is 0.233. The number of methoxy groups -OCH3 is 1. The normalized spacial score (nSPS) is 18.0. The highest BCUT2D eigenvalue weighted by Gasteiger charge is 2.38. The predicted octanol–water partition coefficient (Wildman–Crippen LogP) is 7.55. The number of amides is 2. The zero-order chi connectivity index (χ0) is 35.5. The minimum Gasteiger partial charge on any atom is -0.493 e. The first-order chi connectivity index (χ1) is 25.3. The van der Waals surface area contributed by atoms with Gasteiger partial charge in [0.2, 0.25) is 0 Å². The molecule has 4 aliphatic heterocycles. The van der Waals surface area contributed by atoms with E-state index in [9.17, 15) is 9.59 Å². The number of benzene rings is 5. The lowest BCUT2D eigenvalue weighted by molar-refractivity contribution is 0.0975. The van der Waals surface area contributed by atoms with Crippen LogP contribution in [0.25, 0.3) is 0 Å². The van der Waals surface area contributed by atoms with E-state index in [0.717, 1.165) is 76.2 Å². The van der Waals surface area contributed by atoms with E-state index in [-0.39, 0.29) is 30.5 Å². The van der Waals surface area contributed by atoms with Crippen LogP contribution in [-0.2, 0) is 32.5 Å². The van der Waals surface area contributed by atoms with Crippen LogP contribution < -0.4 is 29.7 Å². The van der Waals surface area contributed by atoms with Gasteiger partial charge < -0.3 is 24.8 Å². The molecule has 9 rings (SSSR count). The third kappa shape index (κ3) is 5.44. The van der Waals surface area contributed by atoms with Crippen molar-refractivity contribution in [2.75, 3.05) is 22.6 Å². The number of aliphatic imine (C=N–C) groups is 1. The molecule has 0 spiro atoms. The molecule has 260 valence electrons. The summed E-state index contributed by atoms with van der Waals surface area (Å²) < 4.78 is 18.3. The molecule has 5 aromatic rings. The Bertz CT molecular complexity index is 2320. The molecular weight excluding hydrogens is 652 g/mol. The standard InChI is InChI=1S/C43H38N4O5/c1-25-13-34-28(11-12-32-17-29-7-3-5-9-37(29)46(32)42(34)48)19-39(25)51-23-26-14-27(16-31(44)15-26)24-52-41-21-36-35(20-40(41)50-2)43(49)47-33(22-45-36)18-30-8-4-6-10-38(30)47/h3-10,13-16,19-22,32-33H,11-12,17-18,23-24,44H2,1-2H3/t32-,33+/m1/s1. The van der Waals surface area contributed by atoms with Gasteiger partial charge in [-0.25, -0.2) is 0 Å². The van der Waals surface area contributed by atoms with E-state index >= 15 is 0 Å². The van der Waals surface area contributed by atoms with Crippen LogP contribution in [0.3, 0.4) is 0 Å². The molecular formula is C43H38N4O5. The number of nitrogens with zero attached hydrogens (tertiary/aromatic N) is 3. The van der Waals surface area contributed by atoms with E-state index < -0.39 is 0 Å². The van der Waals surface area contributed by atoms with Crippen molar-refractivity contribution in [3.63, 3.8) is 0 Å². The van der Waals surface area contributed by atoms with Gasteiger partial charge in [0.05, 0.1) is 24.4 Å². The molecule has 2 N–H and O–H groups in total. The van der Waals surface area contributed by atoms with Crippen molar-refractivity contribution in [2.24, 2.45) is 4.99 Å². The van der Waals surface area contributed by atoms with E-state index in [1.807, 2.05) is 83.6 Å². The SMILES string of the molecule is COc1cc2c(cc1OCc1cc(N)cc(COc3cc4c(cc3C)C(=O)N3c5ccccc5C[C@H]3CC4)c1)N=C[C@@H]1Cc3ccccc3N1C2=O. The molecule has 52 heavy (non-hydrogen) atoms. The smallest absolute Gasteiger partial charge is 0.261 e. The number of nitrogens with two attached hydrogens (primary N) is 1. The molecule has 0 aliphatic carbocycles. The first-order valence-corrected chi connectivity index (χ1v) is 17.7. The lowest BCUT2D eigenvalue weighted by Gasteiger charge is -2.23. The minimum atomic E-state index is -0.145. The van der Waals surface area contributed by atoms with Crippen molar-refractivity contribution < 1.29 is 23.8 Å². The molecule has 2 amide bonds. The second-order valence-electron chi connectivity index (χ2n) is 14.0. The molecule has 9 nitrogen and oxygen atoms in total. The number of para-hydroxylation sites is 2. The van der Waals surface area contributed by atoms with E-state index in [2.05, 4.69) is 18.2 Å². The zero-order valence-electron chi connectivity index (χ0n) is 29.1. The number of nitrogen functional groups attached to an aromatic ring is 1. The molecule has 0 saturated carbocycles. The van der Waals surface area contributed by atoms with Crippen LogP contribution >= 0.6 is 0 Å². The summed E-state index contributed by atoms with van der Waals surface area (Å²) in [6, 6.07) is 29.5. The average molecular weight is 691 g/mol. The molecule has 5 aromatic carbocycles. The Morgan fingerprint density at radius 2 is 1.40 bits per heavy atom. The van der Waals surface area contributed by atoms with Gasteiger partial charge in [0.25, 0.3) is 11.8 Å². The highest BCUT2D eigenvalue weighted by molar-refractivity contribution is 6.15. The molecule has 0 unspecified atom stereocenters. The Balaban J connectivity index is 0.909. The Labute approximate surface area is 302 Å². The van der Waals surface area contributed by atoms with E-state index in [0.29, 0.717) is 35.0 Å². The van der Waals surface area contributed by atoms with Crippen molar-refractivity contribution in [2.45, 2.75) is 57.9 Å². The molecule has 0 radical (unpaired) electrons. The number of carbonyl (C=O) groups excluding carboxylic acids is 2. The summed E-state index contributed by atoms with van der Waals surface area (Å²) in [6.45, 7) is 2.50. The molecule has 0 bridgehead atoms. The van der Waals surface area contributed by atoms with Crippen LogP contribution in [0.5, 0.6) is 17.2 Å². The first-order valence-electron chi connectivity index (χ1n) is 17.7. The maximum Gasteiger partial charge on any atom is 0.261 e. The van der Waals surface area contributed by atoms with E-state index in [1.165, 1.54) is 5.56 Å². The van der Waals surface area contributed by atoms with Crippen molar-refractivity contribution >= 4 is 40.8 Å². The third-order valence-electron chi connectivity index (χ3n) is 10.7. The number of rotatable bonds is 7. The molecule has 4 aliphatic rings. The van der Waals surface area contributed by atoms with Gasteiger partial charge in [-0.3, -0.25) is 19.5 Å². The second-order valence-corrected chi connectivity index (χ2v) is 14.0. The Hall–Kier alpha value is -6.09. The largest absolute Gasteiger partial charge is 0.493 e. The summed E-state index contributed by atoms with van der Waals surface area (Å²) in [4.78, 5) is 36.1. The van der Waals surface area contributed by atoms with Crippen molar-refractivity contribution in [3.05, 3.63) is 136 Å². The minimum absolute atomic E-state index is 0.0631. The highest BCUT2D eigenvalue weighted by Crippen LogP contribution is 2.42. The number of carbonyl (C=O) groups is 2. The summed E-state index contributed by atoms with van der Waals surface area (Å²) in [5.74, 6) is 1.63. The molecule has 0 saturated heterocycles. The maximum atomic E-state index is 13.8. The topological polar surface area (TPSA) is 107 Å². The van der Waals surface area contributed by atoms with E-state index in [1.54, 1.807) is 19.2 Å². The van der Waals surface area contributed by atoms with Gasteiger partial charge in [-0.1, -0.05) is 36.4 Å². The number of fused-ring (bicyclic) bond motifs is 8. The summed E-state index contributed by atoms with van der Waals surface area (Å²) in [5.41, 5.74) is 16.7. The summed E-state index contributed by atoms with van der Waals surface area (Å²) in [7, 11) is 1.56. The summed E-state index contributed by atoms with van der Waals surface area (Å²) >= 11 is 0. The number of ether oxygens (including phenoxy) is 3. The van der Waals surface area contributed by atoms with E-state index in [4.69, 9.17) is 24.9 Å². The molecule has 2 atom stereocenters. The predicted molar refractivity (Wildman–Crippen MR) is 202 cm³/mol. The van der Waals surface area contributed by atoms with Gasteiger partial charge in [-0.15, -0.1) is 0 Å². The van der Waals surface area contributed by atoms with Gasteiger partial charge in [-0.05, 0) is 108 Å².